The highest BCUT2D eigenvalue weighted by Crippen LogP contribution is 2.34. The maximum Gasteiger partial charge on any atom is 0.245 e. The van der Waals surface area contributed by atoms with E-state index in [9.17, 15) is 9.59 Å². The van der Waals surface area contributed by atoms with Crippen molar-refractivity contribution in [1.29, 1.82) is 0 Å². The quantitative estimate of drug-likeness (QED) is 0.840. The van der Waals surface area contributed by atoms with Gasteiger partial charge in [0.1, 0.15) is 12.1 Å². The van der Waals surface area contributed by atoms with Gasteiger partial charge in [-0.2, -0.15) is 0 Å². The molecule has 0 aromatic carbocycles. The highest BCUT2D eigenvalue weighted by atomic mass is 16.2. The molecule has 4 nitrogen and oxygen atoms in total. The van der Waals surface area contributed by atoms with Crippen molar-refractivity contribution in [2.45, 2.75) is 71.9 Å². The first-order chi connectivity index (χ1) is 9.34. The van der Waals surface area contributed by atoms with E-state index in [-0.39, 0.29) is 29.3 Å². The van der Waals surface area contributed by atoms with Crippen molar-refractivity contribution in [3.63, 3.8) is 0 Å². The summed E-state index contributed by atoms with van der Waals surface area (Å²) in [4.78, 5) is 27.0. The summed E-state index contributed by atoms with van der Waals surface area (Å²) in [7, 11) is 0. The summed E-state index contributed by atoms with van der Waals surface area (Å²) in [6.07, 6.45) is 5.26. The first kappa shape index (κ1) is 15.3. The van der Waals surface area contributed by atoms with Crippen LogP contribution in [-0.4, -0.2) is 35.3 Å². The third kappa shape index (κ3) is 3.33. The van der Waals surface area contributed by atoms with Crippen LogP contribution in [0.3, 0.4) is 0 Å². The largest absolute Gasteiger partial charge is 0.342 e. The van der Waals surface area contributed by atoms with Gasteiger partial charge < -0.3 is 10.2 Å². The van der Waals surface area contributed by atoms with Gasteiger partial charge in [0.15, 0.2) is 0 Å². The number of carbonyl (C=O) groups is 2. The minimum absolute atomic E-state index is 0.0198. The average Bonchev–Trinajstić information content (AvgIpc) is 3.13. The highest BCUT2D eigenvalue weighted by molar-refractivity contribution is 5.97. The van der Waals surface area contributed by atoms with E-state index in [1.165, 1.54) is 12.8 Å². The summed E-state index contributed by atoms with van der Waals surface area (Å²) in [5.41, 5.74) is -0.222. The summed E-state index contributed by atoms with van der Waals surface area (Å²) in [5, 5.41) is 2.93. The SMILES string of the molecule is CCCC1NC(=O)C(C(C)(C)C)N(CCC2CC2)C1=O. The van der Waals surface area contributed by atoms with Crippen molar-refractivity contribution >= 4 is 11.8 Å². The molecule has 2 amide bonds. The smallest absolute Gasteiger partial charge is 0.245 e. The number of hydrogen-bond donors (Lipinski definition) is 1. The Balaban J connectivity index is 2.15. The van der Waals surface area contributed by atoms with Crippen LogP contribution in [0.5, 0.6) is 0 Å². The molecule has 2 rings (SSSR count). The molecule has 1 aliphatic heterocycles. The Morgan fingerprint density at radius 1 is 1.20 bits per heavy atom. The van der Waals surface area contributed by atoms with Crippen molar-refractivity contribution in [3.05, 3.63) is 0 Å². The van der Waals surface area contributed by atoms with Crippen LogP contribution < -0.4 is 5.32 Å². The van der Waals surface area contributed by atoms with E-state index in [4.69, 9.17) is 0 Å². The summed E-state index contributed by atoms with van der Waals surface area (Å²) in [5.74, 6) is 0.913. The van der Waals surface area contributed by atoms with Crippen LogP contribution in [0.15, 0.2) is 0 Å². The number of hydrogen-bond acceptors (Lipinski definition) is 2. The van der Waals surface area contributed by atoms with Gasteiger partial charge in [-0.1, -0.05) is 47.0 Å². The molecule has 2 aliphatic rings. The van der Waals surface area contributed by atoms with Gasteiger partial charge in [-0.05, 0) is 24.2 Å². The van der Waals surface area contributed by atoms with E-state index >= 15 is 0 Å². The fraction of sp³-hybridized carbons (Fsp3) is 0.875. The maximum absolute atomic E-state index is 12.7. The summed E-state index contributed by atoms with van der Waals surface area (Å²) >= 11 is 0. The summed E-state index contributed by atoms with van der Waals surface area (Å²) < 4.78 is 0. The van der Waals surface area contributed by atoms with Crippen LogP contribution >= 0.6 is 0 Å². The molecule has 1 saturated carbocycles. The Labute approximate surface area is 122 Å². The first-order valence-electron chi connectivity index (χ1n) is 7.95. The molecule has 2 atom stereocenters. The van der Waals surface area contributed by atoms with Crippen LogP contribution in [-0.2, 0) is 9.59 Å². The van der Waals surface area contributed by atoms with Crippen LogP contribution in [0.4, 0.5) is 0 Å². The first-order valence-corrected chi connectivity index (χ1v) is 7.95. The van der Waals surface area contributed by atoms with E-state index in [0.717, 1.165) is 31.7 Å². The molecule has 4 heteroatoms. The van der Waals surface area contributed by atoms with E-state index < -0.39 is 0 Å². The minimum atomic E-state index is -0.332. The van der Waals surface area contributed by atoms with Crippen molar-refractivity contribution < 1.29 is 9.59 Å². The van der Waals surface area contributed by atoms with Gasteiger partial charge in [0.2, 0.25) is 11.8 Å². The molecule has 1 N–H and O–H groups in total. The predicted molar refractivity (Wildman–Crippen MR) is 79.1 cm³/mol. The number of piperazine rings is 1. The standard InChI is InChI=1S/C16H28N2O2/c1-5-6-12-15(20)18(10-9-11-7-8-11)13(14(19)17-12)16(2,3)4/h11-13H,5-10H2,1-4H3,(H,17,19). The van der Waals surface area contributed by atoms with Crippen LogP contribution in [0.25, 0.3) is 0 Å². The predicted octanol–water partition coefficient (Wildman–Crippen LogP) is 2.33. The second-order valence-electron chi connectivity index (χ2n) is 7.38. The van der Waals surface area contributed by atoms with Crippen LogP contribution in [0.2, 0.25) is 0 Å². The molecule has 0 bridgehead atoms. The van der Waals surface area contributed by atoms with Crippen molar-refractivity contribution in [1.82, 2.24) is 10.2 Å². The molecule has 114 valence electrons. The third-order valence-electron chi connectivity index (χ3n) is 4.33. The van der Waals surface area contributed by atoms with E-state index in [2.05, 4.69) is 5.32 Å². The fourth-order valence-electron chi connectivity index (χ4n) is 3.09. The van der Waals surface area contributed by atoms with Gasteiger partial charge in [0.05, 0.1) is 0 Å². The van der Waals surface area contributed by atoms with Gasteiger partial charge in [0.25, 0.3) is 0 Å². The molecule has 20 heavy (non-hydrogen) atoms. The zero-order valence-corrected chi connectivity index (χ0v) is 13.2. The normalized spacial score (nSPS) is 27.7. The number of nitrogens with one attached hydrogen (secondary N) is 1. The van der Waals surface area contributed by atoms with Gasteiger partial charge in [0, 0.05) is 6.54 Å². The van der Waals surface area contributed by atoms with Crippen molar-refractivity contribution in [2.75, 3.05) is 6.54 Å². The fourth-order valence-corrected chi connectivity index (χ4v) is 3.09. The monoisotopic (exact) mass is 280 g/mol. The Morgan fingerprint density at radius 2 is 1.85 bits per heavy atom. The van der Waals surface area contributed by atoms with Crippen molar-refractivity contribution in [2.24, 2.45) is 11.3 Å². The molecule has 0 spiro atoms. The number of rotatable bonds is 5. The molecular formula is C16H28N2O2. The summed E-state index contributed by atoms with van der Waals surface area (Å²) in [6.45, 7) is 8.89. The third-order valence-corrected chi connectivity index (χ3v) is 4.33. The second kappa shape index (κ2) is 5.74. The highest BCUT2D eigenvalue weighted by Gasteiger charge is 2.45. The second-order valence-corrected chi connectivity index (χ2v) is 7.38. The van der Waals surface area contributed by atoms with Gasteiger partial charge in [-0.25, -0.2) is 0 Å². The molecule has 0 aromatic rings. The molecule has 0 radical (unpaired) electrons. The zero-order chi connectivity index (χ0) is 14.9. The molecule has 0 aromatic heterocycles. The molecule has 1 saturated heterocycles. The number of carbonyl (C=O) groups excluding carboxylic acids is 2. The average molecular weight is 280 g/mol. The van der Waals surface area contributed by atoms with E-state index in [1.54, 1.807) is 0 Å². The van der Waals surface area contributed by atoms with Crippen LogP contribution in [0, 0.1) is 11.3 Å². The summed E-state index contributed by atoms with van der Waals surface area (Å²) in [6, 6.07) is -0.646. The molecular weight excluding hydrogens is 252 g/mol. The Bertz CT molecular complexity index is 382. The van der Waals surface area contributed by atoms with E-state index in [0.29, 0.717) is 0 Å². The van der Waals surface area contributed by atoms with Crippen LogP contribution in [0.1, 0.15) is 59.8 Å². The minimum Gasteiger partial charge on any atom is -0.342 e. The van der Waals surface area contributed by atoms with Crippen molar-refractivity contribution in [3.8, 4) is 0 Å². The lowest BCUT2D eigenvalue weighted by Crippen LogP contribution is -2.66. The lowest BCUT2D eigenvalue weighted by molar-refractivity contribution is -0.154. The molecule has 2 fully saturated rings. The lowest BCUT2D eigenvalue weighted by atomic mass is 9.82. The Morgan fingerprint density at radius 3 is 2.35 bits per heavy atom. The lowest BCUT2D eigenvalue weighted by Gasteiger charge is -2.44. The number of amides is 2. The van der Waals surface area contributed by atoms with Gasteiger partial charge in [-0.15, -0.1) is 0 Å². The van der Waals surface area contributed by atoms with Gasteiger partial charge >= 0.3 is 0 Å². The maximum atomic E-state index is 12.7. The molecule has 1 aliphatic carbocycles. The molecule has 1 heterocycles. The van der Waals surface area contributed by atoms with Gasteiger partial charge in [-0.3, -0.25) is 9.59 Å². The Kier molecular flexibility index (Phi) is 4.40. The molecule has 2 unspecified atom stereocenters. The zero-order valence-electron chi connectivity index (χ0n) is 13.2. The van der Waals surface area contributed by atoms with E-state index in [1.807, 2.05) is 32.6 Å². The number of nitrogens with zero attached hydrogens (tertiary/aromatic N) is 1. The topological polar surface area (TPSA) is 49.4 Å². The Hall–Kier alpha value is -1.06.